The average molecular weight is 579 g/mol. The molecule has 2 atom stereocenters. The Labute approximate surface area is 245 Å². The van der Waals surface area contributed by atoms with Crippen LogP contribution in [0, 0.1) is 11.8 Å². The van der Waals surface area contributed by atoms with E-state index in [1.54, 1.807) is 5.38 Å². The van der Waals surface area contributed by atoms with Gasteiger partial charge >= 0.3 is 35.6 Å². The molecule has 1 aromatic rings. The quantitative estimate of drug-likeness (QED) is 0.117. The first-order valence-corrected chi connectivity index (χ1v) is 14.1. The van der Waals surface area contributed by atoms with Crippen LogP contribution in [-0.4, -0.2) is 77.6 Å². The van der Waals surface area contributed by atoms with Gasteiger partial charge in [-0.15, -0.1) is 11.3 Å². The number of likely N-dealkylation sites (tertiary alicyclic amines) is 1. The summed E-state index contributed by atoms with van der Waals surface area (Å²) in [7, 11) is -3.95. The number of carbonyl (C=O) groups is 5. The topological polar surface area (TPSA) is 182 Å². The van der Waals surface area contributed by atoms with E-state index in [9.17, 15) is 36.9 Å². The zero-order valence-electron chi connectivity index (χ0n) is 21.1. The van der Waals surface area contributed by atoms with E-state index in [0.717, 1.165) is 55.5 Å². The molecule has 0 spiro atoms. The summed E-state index contributed by atoms with van der Waals surface area (Å²) in [5.74, 6) is -3.49. The van der Waals surface area contributed by atoms with Crippen molar-refractivity contribution < 1.29 is 71.2 Å². The molecule has 1 saturated carbocycles. The molecule has 1 aliphatic carbocycles. The van der Waals surface area contributed by atoms with Crippen LogP contribution in [0.5, 0.6) is 0 Å². The van der Waals surface area contributed by atoms with E-state index in [0.29, 0.717) is 11.3 Å². The molecule has 3 fully saturated rings. The second-order valence-corrected chi connectivity index (χ2v) is 11.6. The summed E-state index contributed by atoms with van der Waals surface area (Å²) in [6, 6.07) is 0.748. The zero-order chi connectivity index (χ0) is 27.0. The summed E-state index contributed by atoms with van der Waals surface area (Å²) in [6.07, 6.45) is 5.14. The van der Waals surface area contributed by atoms with Gasteiger partial charge < -0.3 is 19.9 Å². The second-order valence-electron chi connectivity index (χ2n) is 9.33. The van der Waals surface area contributed by atoms with Crippen molar-refractivity contribution in [1.29, 1.82) is 0 Å². The van der Waals surface area contributed by atoms with Crippen LogP contribution in [0.4, 0.5) is 10.5 Å². The van der Waals surface area contributed by atoms with E-state index in [1.807, 2.05) is 0 Å². The summed E-state index contributed by atoms with van der Waals surface area (Å²) in [6.45, 7) is -0.546. The molecule has 2 aliphatic heterocycles. The molecule has 16 heteroatoms. The van der Waals surface area contributed by atoms with E-state index < -0.39 is 52.1 Å². The van der Waals surface area contributed by atoms with Crippen LogP contribution in [0.25, 0.3) is 0 Å². The molecule has 3 aliphatic rings. The van der Waals surface area contributed by atoms with Gasteiger partial charge in [0.05, 0.1) is 18.7 Å². The number of β-lactam (4-membered cyclic amide) rings is 1. The van der Waals surface area contributed by atoms with Gasteiger partial charge in [0.25, 0.3) is 11.8 Å². The predicted molar refractivity (Wildman–Crippen MR) is 128 cm³/mol. The van der Waals surface area contributed by atoms with Crippen molar-refractivity contribution in [3.8, 4) is 0 Å². The number of thiophene rings is 1. The average Bonchev–Trinajstić information content (AvgIpc) is 3.28. The standard InChI is InChI=1S/C22H28N4O9S2.Na/c1-35-22(12-26(20(22)30)37(32,33)34)24-17(27)11-16-15(8-10-36-16)23-21(31)25-9-7-14(18(28)19(25)29)13-5-3-2-4-6-13;/h8,10,13-14H,2-7,9,11-12H2,1H3,(H,23,31)(H,24,27)(H,32,33,34);/q;+1/p-1. The summed E-state index contributed by atoms with van der Waals surface area (Å²) >= 11 is 1.12. The van der Waals surface area contributed by atoms with Gasteiger partial charge in [-0.1, -0.05) is 19.3 Å². The number of hydrogen-bond donors (Lipinski definition) is 2. The molecule has 5 amide bonds. The van der Waals surface area contributed by atoms with E-state index in [2.05, 4.69) is 10.6 Å². The minimum absolute atomic E-state index is 0. The Bertz CT molecular complexity index is 1230. The van der Waals surface area contributed by atoms with Gasteiger partial charge in [-0.3, -0.25) is 24.1 Å². The number of hydrogen-bond acceptors (Lipinski definition) is 10. The Kier molecular flexibility index (Phi) is 9.77. The minimum atomic E-state index is -5.03. The summed E-state index contributed by atoms with van der Waals surface area (Å²) in [5.41, 5.74) is -1.74. The predicted octanol–water partition coefficient (Wildman–Crippen LogP) is -2.41. The number of piperidine rings is 1. The second kappa shape index (κ2) is 12.1. The third kappa shape index (κ3) is 6.13. The largest absolute Gasteiger partial charge is 1.00 e. The smallest absolute Gasteiger partial charge is 0.731 e. The molecule has 13 nitrogen and oxygen atoms in total. The van der Waals surface area contributed by atoms with Crippen molar-refractivity contribution in [3.05, 3.63) is 16.3 Å². The monoisotopic (exact) mass is 578 g/mol. The number of nitrogens with zero attached hydrogens (tertiary/aromatic N) is 2. The maximum absolute atomic E-state index is 12.8. The molecule has 2 saturated heterocycles. The minimum Gasteiger partial charge on any atom is -0.731 e. The van der Waals surface area contributed by atoms with E-state index in [4.69, 9.17) is 4.74 Å². The molecule has 2 N–H and O–H groups in total. The van der Waals surface area contributed by atoms with Gasteiger partial charge in [-0.25, -0.2) is 17.5 Å². The first-order valence-electron chi connectivity index (χ1n) is 11.8. The Balaban J connectivity index is 0.00000400. The molecule has 202 valence electrons. The molecule has 2 unspecified atom stereocenters. The number of ether oxygens (including phenoxy) is 1. The third-order valence-electron chi connectivity index (χ3n) is 7.13. The van der Waals surface area contributed by atoms with Crippen LogP contribution in [-0.2, 0) is 40.6 Å². The molecular formula is C22H27N4NaO9S2. The van der Waals surface area contributed by atoms with Gasteiger partial charge in [0.1, 0.15) is 0 Å². The zero-order valence-corrected chi connectivity index (χ0v) is 24.7. The maximum Gasteiger partial charge on any atom is 1.00 e. The number of nitrogens with one attached hydrogen (secondary N) is 2. The van der Waals surface area contributed by atoms with Crippen molar-refractivity contribution in [2.24, 2.45) is 11.8 Å². The number of imide groups is 1. The number of rotatable bonds is 7. The van der Waals surface area contributed by atoms with Gasteiger partial charge in [0.15, 0.2) is 10.3 Å². The Morgan fingerprint density at radius 3 is 2.47 bits per heavy atom. The number of carbonyl (C=O) groups excluding carboxylic acids is 5. The number of urea groups is 1. The summed E-state index contributed by atoms with van der Waals surface area (Å²) in [5, 5.41) is 6.46. The molecule has 4 rings (SSSR count). The molecule has 0 radical (unpaired) electrons. The summed E-state index contributed by atoms with van der Waals surface area (Å²) in [4.78, 5) is 64.3. The van der Waals surface area contributed by atoms with Gasteiger partial charge in [-0.2, -0.15) is 0 Å². The van der Waals surface area contributed by atoms with Crippen LogP contribution < -0.4 is 40.2 Å². The van der Waals surface area contributed by atoms with Crippen LogP contribution in [0.2, 0.25) is 0 Å². The summed E-state index contributed by atoms with van der Waals surface area (Å²) < 4.78 is 38.3. The molecule has 1 aromatic heterocycles. The Morgan fingerprint density at radius 2 is 1.87 bits per heavy atom. The Hall–Kier alpha value is -1.88. The number of methoxy groups -OCH3 is 1. The van der Waals surface area contributed by atoms with Gasteiger partial charge in [0, 0.05) is 24.4 Å². The normalized spacial score (nSPS) is 24.5. The number of amides is 5. The van der Waals surface area contributed by atoms with Crippen LogP contribution >= 0.6 is 11.3 Å². The fourth-order valence-corrected chi connectivity index (χ4v) is 6.61. The number of anilines is 1. The van der Waals surface area contributed by atoms with E-state index in [-0.39, 0.29) is 64.4 Å². The van der Waals surface area contributed by atoms with Crippen molar-refractivity contribution in [3.63, 3.8) is 0 Å². The number of Topliss-reactive ketones (excluding diaryl/α,β-unsaturated/α-hetero) is 1. The molecular weight excluding hydrogens is 551 g/mol. The van der Waals surface area contributed by atoms with Crippen LogP contribution in [0.3, 0.4) is 0 Å². The first-order chi connectivity index (χ1) is 17.5. The van der Waals surface area contributed by atoms with Crippen LogP contribution in [0.15, 0.2) is 11.4 Å². The molecule has 0 aromatic carbocycles. The van der Waals surface area contributed by atoms with Crippen molar-refractivity contribution in [2.75, 3.05) is 25.5 Å². The van der Waals surface area contributed by atoms with Gasteiger partial charge in [0.2, 0.25) is 17.4 Å². The van der Waals surface area contributed by atoms with Crippen molar-refractivity contribution >= 4 is 56.9 Å². The molecule has 38 heavy (non-hydrogen) atoms. The van der Waals surface area contributed by atoms with Gasteiger partial charge in [-0.05, 0) is 36.6 Å². The van der Waals surface area contributed by atoms with Crippen molar-refractivity contribution in [1.82, 2.24) is 14.5 Å². The SMILES string of the molecule is COC1(NC(=O)Cc2sccc2NC(=O)N2CCC(C3CCCCC3)C(=O)C2=O)CN(S(=O)(=O)[O-])C1=O.[Na+]. The Morgan fingerprint density at radius 1 is 1.18 bits per heavy atom. The van der Waals surface area contributed by atoms with Crippen LogP contribution in [0.1, 0.15) is 43.4 Å². The fourth-order valence-electron chi connectivity index (χ4n) is 5.09. The maximum atomic E-state index is 12.8. The first kappa shape index (κ1) is 30.7. The fraction of sp³-hybridized carbons (Fsp3) is 0.591. The number of ketones is 1. The molecule has 3 heterocycles. The molecule has 0 bridgehead atoms. The van der Waals surface area contributed by atoms with E-state index in [1.165, 1.54) is 6.07 Å². The van der Waals surface area contributed by atoms with Crippen molar-refractivity contribution in [2.45, 2.75) is 50.7 Å². The van der Waals surface area contributed by atoms with E-state index >= 15 is 0 Å². The third-order valence-corrected chi connectivity index (χ3v) is 8.88.